The number of fused-ring (bicyclic) bond motifs is 1. The van der Waals surface area contributed by atoms with Crippen LogP contribution in [0.1, 0.15) is 17.2 Å². The normalized spacial score (nSPS) is 12.0. The van der Waals surface area contributed by atoms with E-state index in [2.05, 4.69) is 10.3 Å². The van der Waals surface area contributed by atoms with Gasteiger partial charge in [-0.25, -0.2) is 0 Å². The van der Waals surface area contributed by atoms with Crippen molar-refractivity contribution in [1.82, 2.24) is 4.98 Å². The predicted octanol–water partition coefficient (Wildman–Crippen LogP) is 3.71. The maximum atomic E-state index is 9.90. The van der Waals surface area contributed by atoms with Crippen LogP contribution in [0.15, 0.2) is 48.7 Å². The van der Waals surface area contributed by atoms with Gasteiger partial charge in [0.1, 0.15) is 0 Å². The van der Waals surface area contributed by atoms with Crippen LogP contribution in [0.2, 0.25) is 0 Å². The number of hydrogen-bond donors (Lipinski definition) is 2. The maximum absolute atomic E-state index is 9.90. The molecule has 130 valence electrons. The number of anilines is 1. The second-order valence-electron chi connectivity index (χ2n) is 5.82. The topological polar surface area (TPSA) is 63.6 Å². The highest BCUT2D eigenvalue weighted by atomic mass is 16.5. The van der Waals surface area contributed by atoms with Gasteiger partial charge < -0.3 is 19.9 Å². The van der Waals surface area contributed by atoms with Gasteiger partial charge in [-0.1, -0.05) is 24.3 Å². The minimum Gasteiger partial charge on any atom is -0.493 e. The lowest BCUT2D eigenvalue weighted by molar-refractivity contribution is 0.276. The molecule has 2 N–H and O–H groups in total. The van der Waals surface area contributed by atoms with Crippen molar-refractivity contribution in [1.29, 1.82) is 0 Å². The number of aromatic nitrogens is 1. The van der Waals surface area contributed by atoms with E-state index in [1.807, 2.05) is 49.4 Å². The Balaban J connectivity index is 2.04. The summed E-state index contributed by atoms with van der Waals surface area (Å²) < 4.78 is 10.8. The molecular weight excluding hydrogens is 316 g/mol. The Bertz CT molecular complexity index is 880. The first-order chi connectivity index (χ1) is 12.2. The maximum Gasteiger partial charge on any atom is 0.162 e. The number of methoxy groups -OCH3 is 2. The standard InChI is InChI=1S/C20H22N2O3/c1-13-6-4-5-7-14(13)18(12-23)22-16-8-9-21-17-11-20(25-3)19(24-2)10-15(16)17/h4-11,18,23H,12H2,1-3H3,(H,21,22). The molecule has 1 aromatic heterocycles. The number of benzene rings is 2. The van der Waals surface area contributed by atoms with E-state index in [0.29, 0.717) is 11.5 Å². The summed E-state index contributed by atoms with van der Waals surface area (Å²) >= 11 is 0. The highest BCUT2D eigenvalue weighted by Gasteiger charge is 2.15. The van der Waals surface area contributed by atoms with E-state index in [4.69, 9.17) is 9.47 Å². The van der Waals surface area contributed by atoms with Crippen molar-refractivity contribution < 1.29 is 14.6 Å². The molecule has 0 aliphatic heterocycles. The predicted molar refractivity (Wildman–Crippen MR) is 99.5 cm³/mol. The number of hydrogen-bond acceptors (Lipinski definition) is 5. The number of nitrogens with one attached hydrogen (secondary N) is 1. The molecule has 0 aliphatic rings. The summed E-state index contributed by atoms with van der Waals surface area (Å²) in [5, 5.41) is 14.2. The van der Waals surface area contributed by atoms with E-state index in [1.165, 1.54) is 0 Å². The number of rotatable bonds is 6. The summed E-state index contributed by atoms with van der Waals surface area (Å²) in [5.74, 6) is 1.28. The van der Waals surface area contributed by atoms with Crippen molar-refractivity contribution in [3.8, 4) is 11.5 Å². The molecule has 1 heterocycles. The molecule has 0 radical (unpaired) electrons. The van der Waals surface area contributed by atoms with Gasteiger partial charge in [0, 0.05) is 23.3 Å². The number of ether oxygens (including phenoxy) is 2. The Morgan fingerprint density at radius 2 is 1.80 bits per heavy atom. The Labute approximate surface area is 147 Å². The van der Waals surface area contributed by atoms with Gasteiger partial charge in [0.2, 0.25) is 0 Å². The van der Waals surface area contributed by atoms with Gasteiger partial charge in [0.25, 0.3) is 0 Å². The first kappa shape index (κ1) is 17.0. The molecule has 1 atom stereocenters. The van der Waals surface area contributed by atoms with Crippen molar-refractivity contribution >= 4 is 16.6 Å². The fraction of sp³-hybridized carbons (Fsp3) is 0.250. The first-order valence-electron chi connectivity index (χ1n) is 8.11. The molecule has 1 unspecified atom stereocenters. The fourth-order valence-electron chi connectivity index (χ4n) is 2.99. The Kier molecular flexibility index (Phi) is 5.05. The summed E-state index contributed by atoms with van der Waals surface area (Å²) in [7, 11) is 3.21. The van der Waals surface area contributed by atoms with Crippen LogP contribution in [0.5, 0.6) is 11.5 Å². The molecule has 3 aromatic rings. The third kappa shape index (κ3) is 3.37. The fourth-order valence-corrected chi connectivity index (χ4v) is 2.99. The molecule has 0 bridgehead atoms. The first-order valence-corrected chi connectivity index (χ1v) is 8.11. The second-order valence-corrected chi connectivity index (χ2v) is 5.82. The Morgan fingerprint density at radius 3 is 2.48 bits per heavy atom. The molecule has 0 spiro atoms. The van der Waals surface area contributed by atoms with Gasteiger partial charge in [-0.2, -0.15) is 0 Å². The molecule has 0 fully saturated rings. The van der Waals surface area contributed by atoms with E-state index < -0.39 is 0 Å². The Hall–Kier alpha value is -2.79. The van der Waals surface area contributed by atoms with E-state index >= 15 is 0 Å². The van der Waals surface area contributed by atoms with Crippen LogP contribution in [0, 0.1) is 6.92 Å². The molecule has 0 saturated carbocycles. The zero-order valence-electron chi connectivity index (χ0n) is 14.6. The van der Waals surface area contributed by atoms with E-state index in [9.17, 15) is 5.11 Å². The lowest BCUT2D eigenvalue weighted by atomic mass is 10.0. The van der Waals surface area contributed by atoms with Crippen LogP contribution in [-0.2, 0) is 0 Å². The average molecular weight is 338 g/mol. The third-order valence-corrected chi connectivity index (χ3v) is 4.32. The minimum absolute atomic E-state index is 0.0119. The highest BCUT2D eigenvalue weighted by molar-refractivity contribution is 5.93. The minimum atomic E-state index is -0.208. The summed E-state index contributed by atoms with van der Waals surface area (Å²) in [6.45, 7) is 2.03. The SMILES string of the molecule is COc1cc2nccc(NC(CO)c3ccccc3C)c2cc1OC. The summed E-state index contributed by atoms with van der Waals surface area (Å²) in [6.07, 6.45) is 1.74. The molecular formula is C20H22N2O3. The molecule has 3 rings (SSSR count). The molecule has 5 nitrogen and oxygen atoms in total. The lowest BCUT2D eigenvalue weighted by Crippen LogP contribution is -2.16. The number of aliphatic hydroxyl groups is 1. The van der Waals surface area contributed by atoms with Crippen molar-refractivity contribution in [2.45, 2.75) is 13.0 Å². The van der Waals surface area contributed by atoms with Gasteiger partial charge in [0.15, 0.2) is 11.5 Å². The summed E-state index contributed by atoms with van der Waals surface area (Å²) in [5.41, 5.74) is 3.87. The summed E-state index contributed by atoms with van der Waals surface area (Å²) in [6, 6.07) is 13.5. The molecule has 0 amide bonds. The van der Waals surface area contributed by atoms with Crippen LogP contribution < -0.4 is 14.8 Å². The van der Waals surface area contributed by atoms with Gasteiger partial charge >= 0.3 is 0 Å². The molecule has 2 aromatic carbocycles. The number of aryl methyl sites for hydroxylation is 1. The quantitative estimate of drug-likeness (QED) is 0.717. The van der Waals surface area contributed by atoms with Gasteiger partial charge in [-0.05, 0) is 30.2 Å². The monoisotopic (exact) mass is 338 g/mol. The second kappa shape index (κ2) is 7.40. The molecule has 0 saturated heterocycles. The molecule has 5 heteroatoms. The zero-order valence-corrected chi connectivity index (χ0v) is 14.6. The van der Waals surface area contributed by atoms with E-state index in [1.54, 1.807) is 20.4 Å². The van der Waals surface area contributed by atoms with Crippen molar-refractivity contribution in [3.05, 3.63) is 59.8 Å². The Morgan fingerprint density at radius 1 is 1.08 bits per heavy atom. The van der Waals surface area contributed by atoms with E-state index in [-0.39, 0.29) is 12.6 Å². The molecule has 25 heavy (non-hydrogen) atoms. The highest BCUT2D eigenvalue weighted by Crippen LogP contribution is 2.35. The molecule has 0 aliphatic carbocycles. The van der Waals surface area contributed by atoms with Crippen LogP contribution >= 0.6 is 0 Å². The van der Waals surface area contributed by atoms with Crippen LogP contribution in [0.4, 0.5) is 5.69 Å². The van der Waals surface area contributed by atoms with Crippen LogP contribution in [0.3, 0.4) is 0 Å². The number of aliphatic hydroxyl groups excluding tert-OH is 1. The smallest absolute Gasteiger partial charge is 0.162 e. The van der Waals surface area contributed by atoms with Crippen molar-refractivity contribution in [2.75, 3.05) is 26.1 Å². The zero-order chi connectivity index (χ0) is 17.8. The third-order valence-electron chi connectivity index (χ3n) is 4.32. The van der Waals surface area contributed by atoms with Crippen molar-refractivity contribution in [2.24, 2.45) is 0 Å². The van der Waals surface area contributed by atoms with E-state index in [0.717, 1.165) is 27.7 Å². The number of nitrogens with zero attached hydrogens (tertiary/aromatic N) is 1. The lowest BCUT2D eigenvalue weighted by Gasteiger charge is -2.21. The number of pyridine rings is 1. The summed E-state index contributed by atoms with van der Waals surface area (Å²) in [4.78, 5) is 4.41. The van der Waals surface area contributed by atoms with Gasteiger partial charge in [-0.15, -0.1) is 0 Å². The average Bonchev–Trinajstić information content (AvgIpc) is 2.65. The van der Waals surface area contributed by atoms with Crippen LogP contribution in [0.25, 0.3) is 10.9 Å². The van der Waals surface area contributed by atoms with Crippen LogP contribution in [-0.4, -0.2) is 30.9 Å². The van der Waals surface area contributed by atoms with Crippen molar-refractivity contribution in [3.63, 3.8) is 0 Å². The largest absolute Gasteiger partial charge is 0.493 e. The van der Waals surface area contributed by atoms with Gasteiger partial charge in [0.05, 0.1) is 32.4 Å². The van der Waals surface area contributed by atoms with Gasteiger partial charge in [-0.3, -0.25) is 4.98 Å².